The molecule has 1 aliphatic carbocycles. The summed E-state index contributed by atoms with van der Waals surface area (Å²) >= 11 is 0. The Labute approximate surface area is 114 Å². The second-order valence-corrected chi connectivity index (χ2v) is 8.59. The molecule has 2 heteroatoms. The van der Waals surface area contributed by atoms with Crippen LogP contribution in [0.15, 0.2) is 0 Å². The van der Waals surface area contributed by atoms with E-state index in [9.17, 15) is 0 Å². The summed E-state index contributed by atoms with van der Waals surface area (Å²) in [6.07, 6.45) is 4.14. The Morgan fingerprint density at radius 3 is 2.28 bits per heavy atom. The topological polar surface area (TPSA) is 15.3 Å². The van der Waals surface area contributed by atoms with Crippen LogP contribution in [0, 0.1) is 11.3 Å². The van der Waals surface area contributed by atoms with E-state index in [1.807, 2.05) is 0 Å². The van der Waals surface area contributed by atoms with E-state index in [0.717, 1.165) is 12.5 Å². The molecule has 18 heavy (non-hydrogen) atoms. The lowest BCUT2D eigenvalue weighted by atomic mass is 9.85. The maximum absolute atomic E-state index is 3.83. The van der Waals surface area contributed by atoms with Crippen LogP contribution in [0.2, 0.25) is 0 Å². The Kier molecular flexibility index (Phi) is 3.57. The van der Waals surface area contributed by atoms with Gasteiger partial charge in [0.25, 0.3) is 0 Å². The lowest BCUT2D eigenvalue weighted by Gasteiger charge is -2.51. The SMILES string of the molecule is CC(C)(C)CCN1CC(C)(C2CC2)NCC1(C)C. The molecule has 1 atom stereocenters. The van der Waals surface area contributed by atoms with Crippen molar-refractivity contribution in [2.45, 2.75) is 71.9 Å². The molecule has 1 saturated heterocycles. The largest absolute Gasteiger partial charge is 0.308 e. The lowest BCUT2D eigenvalue weighted by molar-refractivity contribution is 0.0172. The molecule has 0 aromatic carbocycles. The Morgan fingerprint density at radius 1 is 1.17 bits per heavy atom. The molecule has 1 aliphatic heterocycles. The van der Waals surface area contributed by atoms with E-state index in [1.165, 1.54) is 32.4 Å². The smallest absolute Gasteiger partial charge is 0.0309 e. The van der Waals surface area contributed by atoms with Gasteiger partial charge in [-0.05, 0) is 57.9 Å². The van der Waals surface area contributed by atoms with Gasteiger partial charge in [-0.1, -0.05) is 20.8 Å². The van der Waals surface area contributed by atoms with Crippen molar-refractivity contribution in [1.82, 2.24) is 10.2 Å². The maximum Gasteiger partial charge on any atom is 0.0309 e. The Hall–Kier alpha value is -0.0800. The standard InChI is InChI=1S/C16H32N2/c1-14(2,3)9-10-18-12-16(6,13-7-8-13)17-11-15(18,4)5/h13,17H,7-12H2,1-6H3. The Balaban J connectivity index is 1.99. The molecule has 0 bridgehead atoms. The van der Waals surface area contributed by atoms with Crippen molar-refractivity contribution < 1.29 is 0 Å². The maximum atomic E-state index is 3.83. The van der Waals surface area contributed by atoms with E-state index >= 15 is 0 Å². The first-order valence-electron chi connectivity index (χ1n) is 7.63. The van der Waals surface area contributed by atoms with E-state index in [2.05, 4.69) is 51.8 Å². The fraction of sp³-hybridized carbons (Fsp3) is 1.00. The summed E-state index contributed by atoms with van der Waals surface area (Å²) in [7, 11) is 0. The quantitative estimate of drug-likeness (QED) is 0.829. The molecule has 2 fully saturated rings. The third-order valence-corrected chi connectivity index (χ3v) is 4.91. The number of hydrogen-bond donors (Lipinski definition) is 1. The predicted octanol–water partition coefficient (Wildman–Crippen LogP) is 3.28. The average molecular weight is 252 g/mol. The van der Waals surface area contributed by atoms with Crippen molar-refractivity contribution in [1.29, 1.82) is 0 Å². The van der Waals surface area contributed by atoms with Crippen molar-refractivity contribution in [3.05, 3.63) is 0 Å². The molecule has 2 nitrogen and oxygen atoms in total. The van der Waals surface area contributed by atoms with Crippen LogP contribution in [0.4, 0.5) is 0 Å². The van der Waals surface area contributed by atoms with E-state index < -0.39 is 0 Å². The zero-order valence-electron chi connectivity index (χ0n) is 13.3. The van der Waals surface area contributed by atoms with Crippen molar-refractivity contribution >= 4 is 0 Å². The molecule has 2 aliphatic rings. The summed E-state index contributed by atoms with van der Waals surface area (Å²) in [5.41, 5.74) is 1.12. The minimum absolute atomic E-state index is 0.305. The molecule has 0 radical (unpaired) electrons. The summed E-state index contributed by atoms with van der Waals surface area (Å²) in [6.45, 7) is 17.8. The first-order valence-corrected chi connectivity index (χ1v) is 7.63. The minimum atomic E-state index is 0.305. The highest BCUT2D eigenvalue weighted by molar-refractivity contribution is 5.06. The molecule has 0 spiro atoms. The molecule has 1 saturated carbocycles. The molecule has 2 rings (SSSR count). The summed E-state index contributed by atoms with van der Waals surface area (Å²) < 4.78 is 0. The average Bonchev–Trinajstić information content (AvgIpc) is 3.02. The Bertz CT molecular complexity index is 299. The minimum Gasteiger partial charge on any atom is -0.308 e. The lowest BCUT2D eigenvalue weighted by Crippen LogP contribution is -2.68. The Morgan fingerprint density at radius 2 is 1.78 bits per heavy atom. The number of nitrogens with one attached hydrogen (secondary N) is 1. The van der Waals surface area contributed by atoms with E-state index in [1.54, 1.807) is 0 Å². The molecular formula is C16H32N2. The summed E-state index contributed by atoms with van der Waals surface area (Å²) in [4.78, 5) is 2.73. The van der Waals surface area contributed by atoms with Gasteiger partial charge < -0.3 is 5.32 Å². The second kappa shape index (κ2) is 4.49. The summed E-state index contributed by atoms with van der Waals surface area (Å²) in [5, 5.41) is 3.83. The number of hydrogen-bond acceptors (Lipinski definition) is 2. The normalized spacial score (nSPS) is 33.7. The van der Waals surface area contributed by atoms with Gasteiger partial charge in [-0.3, -0.25) is 4.90 Å². The van der Waals surface area contributed by atoms with Crippen LogP contribution in [0.3, 0.4) is 0 Å². The molecule has 1 unspecified atom stereocenters. The third-order valence-electron chi connectivity index (χ3n) is 4.91. The van der Waals surface area contributed by atoms with Crippen LogP contribution in [-0.4, -0.2) is 35.6 Å². The molecule has 1 heterocycles. The van der Waals surface area contributed by atoms with Crippen LogP contribution in [0.5, 0.6) is 0 Å². The highest BCUT2D eigenvalue weighted by Crippen LogP contribution is 2.42. The third kappa shape index (κ3) is 3.27. The van der Waals surface area contributed by atoms with Gasteiger partial charge in [-0.25, -0.2) is 0 Å². The van der Waals surface area contributed by atoms with E-state index in [0.29, 0.717) is 16.5 Å². The highest BCUT2D eigenvalue weighted by Gasteiger charge is 2.47. The van der Waals surface area contributed by atoms with E-state index in [-0.39, 0.29) is 0 Å². The summed E-state index contributed by atoms with van der Waals surface area (Å²) in [5.74, 6) is 0.922. The van der Waals surface area contributed by atoms with Gasteiger partial charge in [0.15, 0.2) is 0 Å². The fourth-order valence-corrected chi connectivity index (χ4v) is 3.04. The molecule has 0 amide bonds. The summed E-state index contributed by atoms with van der Waals surface area (Å²) in [6, 6.07) is 0. The number of nitrogens with zero attached hydrogens (tertiary/aromatic N) is 1. The molecule has 0 aromatic heterocycles. The number of piperazine rings is 1. The molecule has 1 N–H and O–H groups in total. The van der Waals surface area contributed by atoms with Crippen molar-refractivity contribution in [3.63, 3.8) is 0 Å². The molecular weight excluding hydrogens is 220 g/mol. The number of rotatable bonds is 3. The molecule has 106 valence electrons. The van der Waals surface area contributed by atoms with Gasteiger partial charge in [0.1, 0.15) is 0 Å². The van der Waals surface area contributed by atoms with Gasteiger partial charge in [0.05, 0.1) is 0 Å². The first-order chi connectivity index (χ1) is 8.12. The van der Waals surface area contributed by atoms with Crippen LogP contribution in [0.25, 0.3) is 0 Å². The van der Waals surface area contributed by atoms with Gasteiger partial charge in [-0.15, -0.1) is 0 Å². The van der Waals surface area contributed by atoms with Crippen molar-refractivity contribution in [3.8, 4) is 0 Å². The van der Waals surface area contributed by atoms with Gasteiger partial charge in [-0.2, -0.15) is 0 Å². The highest BCUT2D eigenvalue weighted by atomic mass is 15.3. The molecule has 0 aromatic rings. The van der Waals surface area contributed by atoms with Crippen LogP contribution in [-0.2, 0) is 0 Å². The first kappa shape index (κ1) is 14.3. The van der Waals surface area contributed by atoms with Crippen LogP contribution < -0.4 is 5.32 Å². The van der Waals surface area contributed by atoms with Gasteiger partial charge in [0, 0.05) is 24.2 Å². The monoisotopic (exact) mass is 252 g/mol. The van der Waals surface area contributed by atoms with Crippen molar-refractivity contribution in [2.24, 2.45) is 11.3 Å². The van der Waals surface area contributed by atoms with E-state index in [4.69, 9.17) is 0 Å². The zero-order chi connectivity index (χ0) is 13.6. The van der Waals surface area contributed by atoms with Crippen LogP contribution in [0.1, 0.15) is 60.8 Å². The van der Waals surface area contributed by atoms with Gasteiger partial charge >= 0.3 is 0 Å². The second-order valence-electron chi connectivity index (χ2n) is 8.59. The zero-order valence-corrected chi connectivity index (χ0v) is 13.3. The predicted molar refractivity (Wildman–Crippen MR) is 78.9 cm³/mol. The fourth-order valence-electron chi connectivity index (χ4n) is 3.04. The van der Waals surface area contributed by atoms with Crippen LogP contribution >= 0.6 is 0 Å². The van der Waals surface area contributed by atoms with Gasteiger partial charge in [0.2, 0.25) is 0 Å². The van der Waals surface area contributed by atoms with Crippen molar-refractivity contribution in [2.75, 3.05) is 19.6 Å².